The number of nitrogens with one attached hydrogen (secondary N) is 3. The van der Waals surface area contributed by atoms with Crippen molar-refractivity contribution in [2.75, 3.05) is 20.8 Å². The van der Waals surface area contributed by atoms with Gasteiger partial charge >= 0.3 is 0 Å². The van der Waals surface area contributed by atoms with Crippen molar-refractivity contribution in [1.29, 1.82) is 0 Å². The Labute approximate surface area is 240 Å². The van der Waals surface area contributed by atoms with Gasteiger partial charge in [-0.05, 0) is 46.0 Å². The smallest absolute Gasteiger partial charge is 0.243 e. The minimum absolute atomic E-state index is 0.176. The van der Waals surface area contributed by atoms with Crippen molar-refractivity contribution < 1.29 is 23.5 Å². The molecule has 4 rings (SSSR count). The summed E-state index contributed by atoms with van der Waals surface area (Å²) in [5.74, 6) is -1.48. The topological polar surface area (TPSA) is 96.5 Å². The summed E-state index contributed by atoms with van der Waals surface area (Å²) in [5, 5.41) is 10.4. The molecule has 8 heteroatoms. The van der Waals surface area contributed by atoms with E-state index in [9.17, 15) is 18.8 Å². The monoisotopic (exact) mass is 557 g/mol. The second kappa shape index (κ2) is 16.5. The molecule has 7 nitrogen and oxygen atoms in total. The molecule has 0 aromatic heterocycles. The Bertz CT molecular complexity index is 1410. The van der Waals surface area contributed by atoms with Crippen molar-refractivity contribution >= 4 is 28.5 Å². The summed E-state index contributed by atoms with van der Waals surface area (Å²) in [6, 6.07) is 28.3. The van der Waals surface area contributed by atoms with Gasteiger partial charge in [-0.25, -0.2) is 4.39 Å². The lowest BCUT2D eigenvalue weighted by molar-refractivity contribution is -0.129. The fourth-order valence-electron chi connectivity index (χ4n) is 4.23. The van der Waals surface area contributed by atoms with Gasteiger partial charge in [-0.3, -0.25) is 14.4 Å². The van der Waals surface area contributed by atoms with Gasteiger partial charge in [0.1, 0.15) is 11.9 Å². The molecule has 4 aromatic carbocycles. The van der Waals surface area contributed by atoms with E-state index in [1.807, 2.05) is 72.8 Å². The molecule has 0 saturated heterocycles. The van der Waals surface area contributed by atoms with Crippen LogP contribution in [0.2, 0.25) is 0 Å². The van der Waals surface area contributed by atoms with Crippen molar-refractivity contribution in [3.8, 4) is 0 Å². The van der Waals surface area contributed by atoms with Crippen LogP contribution in [-0.2, 0) is 38.5 Å². The highest BCUT2D eigenvalue weighted by molar-refractivity contribution is 5.91. The number of aryl methyl sites for hydroxylation is 1. The van der Waals surface area contributed by atoms with Crippen molar-refractivity contribution in [2.24, 2.45) is 0 Å². The standard InChI is InChI=1S/C31H30FN3O3.C2H6O/c32-26-16-13-23(14-17-26)19-28(31(38)34-20-25-11-6-10-24-9-4-5-12-27(24)25)35-30(37)21-33-29(36)18-15-22-7-2-1-3-8-22;1-3-2/h1-14,16-17,28H,15,18-21H2,(H,33,36)(H,34,38)(H,35,37);1-2H3/t28-;/m0./s1. The SMILES string of the molecule is COC.O=C(CCc1ccccc1)NCC(=O)N[C@@H](Cc1ccc(F)cc1)C(=O)NCc1cccc2ccccc12. The summed E-state index contributed by atoms with van der Waals surface area (Å²) < 4.78 is 17.6. The van der Waals surface area contributed by atoms with Crippen molar-refractivity contribution in [3.63, 3.8) is 0 Å². The quantitative estimate of drug-likeness (QED) is 0.256. The number of methoxy groups -OCH3 is 1. The Hall–Kier alpha value is -4.56. The second-order valence-corrected chi connectivity index (χ2v) is 9.48. The zero-order chi connectivity index (χ0) is 29.5. The lowest BCUT2D eigenvalue weighted by atomic mass is 10.0. The lowest BCUT2D eigenvalue weighted by Gasteiger charge is -2.19. The third kappa shape index (κ3) is 10.5. The number of benzene rings is 4. The number of hydrogen-bond donors (Lipinski definition) is 3. The van der Waals surface area contributed by atoms with E-state index < -0.39 is 11.9 Å². The number of carbonyl (C=O) groups is 3. The molecule has 3 amide bonds. The summed E-state index contributed by atoms with van der Waals surface area (Å²) in [4.78, 5) is 38.1. The van der Waals surface area contributed by atoms with E-state index in [1.165, 1.54) is 12.1 Å². The van der Waals surface area contributed by atoms with Gasteiger partial charge in [0, 0.05) is 33.6 Å². The van der Waals surface area contributed by atoms with Crippen molar-refractivity contribution in [3.05, 3.63) is 120 Å². The van der Waals surface area contributed by atoms with Gasteiger partial charge in [-0.15, -0.1) is 0 Å². The third-order valence-corrected chi connectivity index (χ3v) is 6.27. The Kier molecular flexibility index (Phi) is 12.5. The summed E-state index contributed by atoms with van der Waals surface area (Å²) in [6.07, 6.45) is 0.995. The van der Waals surface area contributed by atoms with Gasteiger partial charge < -0.3 is 20.7 Å². The van der Waals surface area contributed by atoms with Gasteiger partial charge in [0.2, 0.25) is 17.7 Å². The Balaban J connectivity index is 0.00000147. The highest BCUT2D eigenvalue weighted by Crippen LogP contribution is 2.18. The third-order valence-electron chi connectivity index (χ3n) is 6.27. The maximum Gasteiger partial charge on any atom is 0.243 e. The van der Waals surface area contributed by atoms with Gasteiger partial charge in [0.15, 0.2) is 0 Å². The Morgan fingerprint density at radius 2 is 1.41 bits per heavy atom. The molecule has 0 aliphatic heterocycles. The molecule has 0 saturated carbocycles. The number of rotatable bonds is 11. The van der Waals surface area contributed by atoms with Gasteiger partial charge in [-0.1, -0.05) is 84.9 Å². The number of amides is 3. The minimum atomic E-state index is -0.899. The Morgan fingerprint density at radius 3 is 2.15 bits per heavy atom. The molecule has 214 valence electrons. The number of hydrogen-bond acceptors (Lipinski definition) is 4. The fraction of sp³-hybridized carbons (Fsp3) is 0.242. The first-order chi connectivity index (χ1) is 19.9. The van der Waals surface area contributed by atoms with Crippen LogP contribution in [0.4, 0.5) is 4.39 Å². The molecule has 0 heterocycles. The van der Waals surface area contributed by atoms with E-state index in [-0.39, 0.29) is 43.6 Å². The van der Waals surface area contributed by atoms with Crippen LogP contribution < -0.4 is 16.0 Å². The van der Waals surface area contributed by atoms with Crippen LogP contribution in [0.3, 0.4) is 0 Å². The molecule has 0 spiro atoms. The molecular weight excluding hydrogens is 521 g/mol. The van der Waals surface area contributed by atoms with E-state index in [0.29, 0.717) is 12.0 Å². The highest BCUT2D eigenvalue weighted by atomic mass is 19.1. The number of fused-ring (bicyclic) bond motifs is 1. The zero-order valence-corrected chi connectivity index (χ0v) is 23.4. The van der Waals surface area contributed by atoms with Crippen LogP contribution in [0.25, 0.3) is 10.8 Å². The summed E-state index contributed by atoms with van der Waals surface area (Å²) >= 11 is 0. The molecule has 0 fully saturated rings. The molecule has 4 aromatic rings. The minimum Gasteiger partial charge on any atom is -0.388 e. The maximum absolute atomic E-state index is 13.4. The molecule has 41 heavy (non-hydrogen) atoms. The average molecular weight is 558 g/mol. The number of carbonyl (C=O) groups excluding carboxylic acids is 3. The van der Waals surface area contributed by atoms with Crippen LogP contribution in [0.5, 0.6) is 0 Å². The molecular formula is C33H36FN3O4. The first kappa shape index (κ1) is 31.0. The summed E-state index contributed by atoms with van der Waals surface area (Å²) in [5.41, 5.74) is 2.69. The van der Waals surface area contributed by atoms with Crippen LogP contribution in [0.1, 0.15) is 23.1 Å². The maximum atomic E-state index is 13.4. The Morgan fingerprint density at radius 1 is 0.756 bits per heavy atom. The van der Waals surface area contributed by atoms with Gasteiger partial charge in [0.25, 0.3) is 0 Å². The van der Waals surface area contributed by atoms with Crippen molar-refractivity contribution in [1.82, 2.24) is 16.0 Å². The van der Waals surface area contributed by atoms with Crippen LogP contribution >= 0.6 is 0 Å². The average Bonchev–Trinajstić information content (AvgIpc) is 2.99. The molecule has 0 aliphatic rings. The fourth-order valence-corrected chi connectivity index (χ4v) is 4.23. The van der Waals surface area contributed by atoms with Gasteiger partial charge in [-0.2, -0.15) is 0 Å². The van der Waals surface area contributed by atoms with Crippen LogP contribution in [0, 0.1) is 5.82 Å². The molecule has 0 radical (unpaired) electrons. The van der Waals surface area contributed by atoms with Crippen LogP contribution in [0.15, 0.2) is 97.1 Å². The first-order valence-electron chi connectivity index (χ1n) is 13.4. The molecule has 0 aliphatic carbocycles. The molecule has 0 unspecified atom stereocenters. The van der Waals surface area contributed by atoms with E-state index in [4.69, 9.17) is 0 Å². The second-order valence-electron chi connectivity index (χ2n) is 9.48. The molecule has 3 N–H and O–H groups in total. The highest BCUT2D eigenvalue weighted by Gasteiger charge is 2.22. The first-order valence-corrected chi connectivity index (χ1v) is 13.4. The van der Waals surface area contributed by atoms with E-state index >= 15 is 0 Å². The summed E-state index contributed by atoms with van der Waals surface area (Å²) in [6.45, 7) is 0.0380. The van der Waals surface area contributed by atoms with Crippen molar-refractivity contribution in [2.45, 2.75) is 31.8 Å². The molecule has 1 atom stereocenters. The van der Waals surface area contributed by atoms with E-state index in [1.54, 1.807) is 26.4 Å². The number of halogens is 1. The molecule has 0 bridgehead atoms. The van der Waals surface area contributed by atoms with Gasteiger partial charge in [0.05, 0.1) is 6.54 Å². The van der Waals surface area contributed by atoms with E-state index in [2.05, 4.69) is 20.7 Å². The zero-order valence-electron chi connectivity index (χ0n) is 23.4. The normalized spacial score (nSPS) is 11.1. The number of ether oxygens (including phenoxy) is 1. The predicted molar refractivity (Wildman–Crippen MR) is 159 cm³/mol. The largest absolute Gasteiger partial charge is 0.388 e. The van der Waals surface area contributed by atoms with Crippen LogP contribution in [-0.4, -0.2) is 44.5 Å². The van der Waals surface area contributed by atoms with E-state index in [0.717, 1.165) is 21.9 Å². The predicted octanol–water partition coefficient (Wildman–Crippen LogP) is 4.33. The lowest BCUT2D eigenvalue weighted by Crippen LogP contribution is -2.50. The summed E-state index contributed by atoms with van der Waals surface area (Å²) in [7, 11) is 3.25.